The molecule has 2 aromatic carbocycles. The third-order valence-corrected chi connectivity index (χ3v) is 8.18. The smallest absolute Gasteiger partial charge is 0.408 e. The molecule has 2 aromatic rings. The number of carbonyl (C=O) groups is 3. The Bertz CT molecular complexity index is 1190. The lowest BCUT2D eigenvalue weighted by atomic mass is 9.94. The predicted molar refractivity (Wildman–Crippen MR) is 180 cm³/mol. The van der Waals surface area contributed by atoms with Crippen molar-refractivity contribution < 1.29 is 19.1 Å². The lowest BCUT2D eigenvalue weighted by Crippen LogP contribution is -2.53. The van der Waals surface area contributed by atoms with E-state index in [1.54, 1.807) is 37.4 Å². The van der Waals surface area contributed by atoms with Gasteiger partial charge < -0.3 is 20.3 Å². The molecule has 0 aliphatic carbocycles. The van der Waals surface area contributed by atoms with Crippen LogP contribution in [0.3, 0.4) is 0 Å². The molecule has 8 heteroatoms. The predicted octanol–water partition coefficient (Wildman–Crippen LogP) is 8.13. The van der Waals surface area contributed by atoms with Gasteiger partial charge in [0.25, 0.3) is 5.91 Å². The maximum atomic E-state index is 14.5. The van der Waals surface area contributed by atoms with Gasteiger partial charge in [0.2, 0.25) is 5.91 Å². The average Bonchev–Trinajstić information content (AvgIpc) is 2.94. The van der Waals surface area contributed by atoms with E-state index in [-0.39, 0.29) is 11.8 Å². The molecule has 0 aliphatic heterocycles. The molecular weight excluding hydrogens is 558 g/mol. The molecular formula is C35H53N3O4S. The van der Waals surface area contributed by atoms with E-state index in [1.165, 1.54) is 6.42 Å². The number of benzene rings is 2. The monoisotopic (exact) mass is 611 g/mol. The summed E-state index contributed by atoms with van der Waals surface area (Å²) in [5.74, 6) is 0.114. The maximum absolute atomic E-state index is 14.5. The van der Waals surface area contributed by atoms with Gasteiger partial charge in [0, 0.05) is 12.2 Å². The number of rotatable bonds is 16. The lowest BCUT2D eigenvalue weighted by molar-refractivity contribution is -0.141. The third kappa shape index (κ3) is 11.9. The fourth-order valence-electron chi connectivity index (χ4n) is 5.01. The van der Waals surface area contributed by atoms with Crippen LogP contribution in [0.5, 0.6) is 0 Å². The van der Waals surface area contributed by atoms with Crippen molar-refractivity contribution in [1.29, 1.82) is 0 Å². The number of alkyl carbamates (subject to hydrolysis) is 1. The summed E-state index contributed by atoms with van der Waals surface area (Å²) in [4.78, 5) is 43.4. The molecule has 0 saturated carbocycles. The van der Waals surface area contributed by atoms with E-state index in [0.717, 1.165) is 54.4 Å². The molecule has 2 N–H and O–H groups in total. The average molecular weight is 612 g/mol. The van der Waals surface area contributed by atoms with E-state index in [4.69, 9.17) is 4.74 Å². The number of aryl methyl sites for hydroxylation is 2. The van der Waals surface area contributed by atoms with Crippen LogP contribution in [-0.2, 0) is 14.3 Å². The molecule has 2 atom stereocenters. The van der Waals surface area contributed by atoms with Crippen molar-refractivity contribution >= 4 is 35.4 Å². The number of thioether (sulfide) groups is 1. The van der Waals surface area contributed by atoms with Crippen LogP contribution in [0.15, 0.2) is 42.5 Å². The Hall–Kier alpha value is -3.00. The standard InChI is InChI=1S/C35H53N3O4S/c1-9-10-11-12-13-16-23-38(33(40)30(22-24-43-8)37-34(41)42-35(5,6)7)31(28-20-17-19-25(2)27(28)4)32(39)36-29-21-15-14-18-26(29)3/h14-15,17-21,30-31H,9-13,16,22-24H2,1-8H3,(H,36,39)(H,37,41). The highest BCUT2D eigenvalue weighted by Gasteiger charge is 2.37. The SMILES string of the molecule is CCCCCCCCN(C(=O)C(CCSC)NC(=O)OC(C)(C)C)C(C(=O)Nc1ccccc1C)c1cccc(C)c1C. The molecule has 238 valence electrons. The lowest BCUT2D eigenvalue weighted by Gasteiger charge is -2.35. The van der Waals surface area contributed by atoms with Crippen LogP contribution in [0, 0.1) is 20.8 Å². The summed E-state index contributed by atoms with van der Waals surface area (Å²) < 4.78 is 5.53. The Morgan fingerprint density at radius 2 is 1.56 bits per heavy atom. The largest absolute Gasteiger partial charge is 0.444 e. The Morgan fingerprint density at radius 3 is 2.21 bits per heavy atom. The molecule has 0 aromatic heterocycles. The number of para-hydroxylation sites is 1. The van der Waals surface area contributed by atoms with E-state index >= 15 is 0 Å². The van der Waals surface area contributed by atoms with Crippen molar-refractivity contribution in [2.75, 3.05) is 23.9 Å². The fraction of sp³-hybridized carbons (Fsp3) is 0.571. The molecule has 2 rings (SSSR count). The van der Waals surface area contributed by atoms with Gasteiger partial charge in [-0.25, -0.2) is 4.79 Å². The number of ether oxygens (including phenoxy) is 1. The molecule has 0 bridgehead atoms. The van der Waals surface area contributed by atoms with Gasteiger partial charge in [-0.1, -0.05) is 75.4 Å². The molecule has 0 heterocycles. The Morgan fingerprint density at radius 1 is 0.907 bits per heavy atom. The van der Waals surface area contributed by atoms with Gasteiger partial charge in [0.1, 0.15) is 17.7 Å². The van der Waals surface area contributed by atoms with Crippen molar-refractivity contribution in [3.63, 3.8) is 0 Å². The van der Waals surface area contributed by atoms with Crippen LogP contribution < -0.4 is 10.6 Å². The van der Waals surface area contributed by atoms with Crippen LogP contribution in [0.1, 0.15) is 101 Å². The van der Waals surface area contributed by atoms with Crippen molar-refractivity contribution in [1.82, 2.24) is 10.2 Å². The molecule has 0 aliphatic rings. The zero-order valence-electron chi connectivity index (χ0n) is 27.5. The number of amides is 3. The Labute approximate surface area is 263 Å². The summed E-state index contributed by atoms with van der Waals surface area (Å²) in [6.45, 7) is 13.9. The molecule has 7 nitrogen and oxygen atoms in total. The summed E-state index contributed by atoms with van der Waals surface area (Å²) in [6, 6.07) is 11.8. The summed E-state index contributed by atoms with van der Waals surface area (Å²) in [5.41, 5.74) is 3.74. The first kappa shape index (κ1) is 36.2. The first-order valence-electron chi connectivity index (χ1n) is 15.6. The summed E-state index contributed by atoms with van der Waals surface area (Å²) in [6.07, 6.45) is 8.03. The second-order valence-electron chi connectivity index (χ2n) is 12.3. The van der Waals surface area contributed by atoms with Gasteiger partial charge in [-0.15, -0.1) is 0 Å². The molecule has 2 unspecified atom stereocenters. The quantitative estimate of drug-likeness (QED) is 0.187. The van der Waals surface area contributed by atoms with Gasteiger partial charge in [0.05, 0.1) is 0 Å². The highest BCUT2D eigenvalue weighted by atomic mass is 32.2. The summed E-state index contributed by atoms with van der Waals surface area (Å²) in [7, 11) is 0. The molecule has 0 spiro atoms. The fourth-order valence-corrected chi connectivity index (χ4v) is 5.48. The van der Waals surface area contributed by atoms with Gasteiger partial charge in [-0.3, -0.25) is 9.59 Å². The van der Waals surface area contributed by atoms with Gasteiger partial charge >= 0.3 is 6.09 Å². The first-order chi connectivity index (χ1) is 20.4. The van der Waals surface area contributed by atoms with Gasteiger partial charge in [-0.2, -0.15) is 11.8 Å². The van der Waals surface area contributed by atoms with Crippen LogP contribution in [0.25, 0.3) is 0 Å². The number of nitrogens with one attached hydrogen (secondary N) is 2. The Balaban J connectivity index is 2.56. The van der Waals surface area contributed by atoms with E-state index in [9.17, 15) is 14.4 Å². The van der Waals surface area contributed by atoms with E-state index in [2.05, 4.69) is 17.6 Å². The van der Waals surface area contributed by atoms with Crippen LogP contribution in [0.2, 0.25) is 0 Å². The molecule has 0 fully saturated rings. The molecule has 0 saturated heterocycles. The third-order valence-electron chi connectivity index (χ3n) is 7.54. The Kier molecular flexibility index (Phi) is 15.1. The summed E-state index contributed by atoms with van der Waals surface area (Å²) in [5, 5.41) is 5.95. The molecule has 3 amide bonds. The van der Waals surface area contributed by atoms with E-state index < -0.39 is 23.8 Å². The normalized spacial score (nSPS) is 12.7. The van der Waals surface area contributed by atoms with Crippen molar-refractivity contribution in [3.05, 3.63) is 64.7 Å². The van der Waals surface area contributed by atoms with Crippen molar-refractivity contribution in [2.45, 2.75) is 111 Å². The van der Waals surface area contributed by atoms with Crippen LogP contribution in [0.4, 0.5) is 10.5 Å². The second-order valence-corrected chi connectivity index (χ2v) is 13.3. The highest BCUT2D eigenvalue weighted by molar-refractivity contribution is 7.98. The van der Waals surface area contributed by atoms with E-state index in [0.29, 0.717) is 24.4 Å². The number of hydrogen-bond acceptors (Lipinski definition) is 5. The topological polar surface area (TPSA) is 87.7 Å². The van der Waals surface area contributed by atoms with Gasteiger partial charge in [-0.05, 0) is 94.7 Å². The highest BCUT2D eigenvalue weighted by Crippen LogP contribution is 2.30. The van der Waals surface area contributed by atoms with Crippen LogP contribution in [-0.4, -0.2) is 53.0 Å². The van der Waals surface area contributed by atoms with Crippen molar-refractivity contribution in [2.24, 2.45) is 0 Å². The molecule has 43 heavy (non-hydrogen) atoms. The van der Waals surface area contributed by atoms with E-state index in [1.807, 2.05) is 69.5 Å². The minimum Gasteiger partial charge on any atom is -0.444 e. The maximum Gasteiger partial charge on any atom is 0.408 e. The summed E-state index contributed by atoms with van der Waals surface area (Å²) >= 11 is 1.61. The van der Waals surface area contributed by atoms with Crippen LogP contribution >= 0.6 is 11.8 Å². The number of carbonyl (C=O) groups excluding carboxylic acids is 3. The minimum absolute atomic E-state index is 0.275. The zero-order valence-corrected chi connectivity index (χ0v) is 28.4. The minimum atomic E-state index is -0.875. The van der Waals surface area contributed by atoms with Crippen molar-refractivity contribution in [3.8, 4) is 0 Å². The number of anilines is 1. The van der Waals surface area contributed by atoms with Gasteiger partial charge in [0.15, 0.2) is 0 Å². The number of nitrogens with zero attached hydrogens (tertiary/aromatic N) is 1. The molecule has 0 radical (unpaired) electrons. The second kappa shape index (κ2) is 18.0. The zero-order chi connectivity index (χ0) is 32.0. The number of hydrogen-bond donors (Lipinski definition) is 2. The first-order valence-corrected chi connectivity index (χ1v) is 17.0. The number of unbranched alkanes of at least 4 members (excludes halogenated alkanes) is 5.